The molecule has 0 fully saturated rings. The monoisotopic (exact) mass is 240 g/mol. The highest BCUT2D eigenvalue weighted by molar-refractivity contribution is 6.31. The first-order valence-electron chi connectivity index (χ1n) is 5.29. The van der Waals surface area contributed by atoms with Gasteiger partial charge in [-0.3, -0.25) is 5.41 Å². The van der Waals surface area contributed by atoms with Crippen molar-refractivity contribution >= 4 is 17.4 Å². The topological polar surface area (TPSA) is 59.1 Å². The Morgan fingerprint density at radius 2 is 2.25 bits per heavy atom. The minimum Gasteiger partial charge on any atom is -0.384 e. The second-order valence-electron chi connectivity index (χ2n) is 3.75. The van der Waals surface area contributed by atoms with E-state index >= 15 is 0 Å². The summed E-state index contributed by atoms with van der Waals surface area (Å²) in [7, 11) is 0. The largest absolute Gasteiger partial charge is 0.384 e. The average Bonchev–Trinajstić information content (AvgIpc) is 2.26. The van der Waals surface area contributed by atoms with Crippen molar-refractivity contribution in [3.8, 4) is 0 Å². The van der Waals surface area contributed by atoms with Crippen molar-refractivity contribution in [3.63, 3.8) is 0 Å². The molecule has 1 rings (SSSR count). The van der Waals surface area contributed by atoms with E-state index in [-0.39, 0.29) is 11.9 Å². The number of benzene rings is 1. The third-order valence-electron chi connectivity index (χ3n) is 2.46. The van der Waals surface area contributed by atoms with Gasteiger partial charge in [-0.25, -0.2) is 0 Å². The van der Waals surface area contributed by atoms with Gasteiger partial charge in [0.05, 0.1) is 12.7 Å². The van der Waals surface area contributed by atoms with Crippen LogP contribution in [0.4, 0.5) is 0 Å². The van der Waals surface area contributed by atoms with Gasteiger partial charge >= 0.3 is 0 Å². The fourth-order valence-electron chi connectivity index (χ4n) is 1.18. The van der Waals surface area contributed by atoms with E-state index in [0.717, 1.165) is 12.0 Å². The van der Waals surface area contributed by atoms with E-state index in [4.69, 9.17) is 27.5 Å². The Bertz CT molecular complexity index is 379. The van der Waals surface area contributed by atoms with E-state index in [1.807, 2.05) is 13.0 Å². The van der Waals surface area contributed by atoms with Crippen molar-refractivity contribution in [2.45, 2.75) is 33.0 Å². The van der Waals surface area contributed by atoms with Crippen LogP contribution >= 0.6 is 11.6 Å². The Morgan fingerprint density at radius 1 is 1.56 bits per heavy atom. The molecule has 16 heavy (non-hydrogen) atoms. The van der Waals surface area contributed by atoms with Gasteiger partial charge in [-0.15, -0.1) is 0 Å². The average molecular weight is 241 g/mol. The maximum atomic E-state index is 7.29. The summed E-state index contributed by atoms with van der Waals surface area (Å²) in [6, 6.07) is 5.32. The first-order chi connectivity index (χ1) is 7.54. The summed E-state index contributed by atoms with van der Waals surface area (Å²) in [6.07, 6.45) is 1.20. The molecule has 88 valence electrons. The van der Waals surface area contributed by atoms with Crippen molar-refractivity contribution in [2.24, 2.45) is 5.73 Å². The molecular weight excluding hydrogens is 224 g/mol. The summed E-state index contributed by atoms with van der Waals surface area (Å²) in [6.45, 7) is 4.59. The zero-order valence-electron chi connectivity index (χ0n) is 9.59. The SMILES string of the molecule is CCC(C)OCc1ccc(C(=N)N)cc1Cl. The first kappa shape index (κ1) is 13.0. The molecular formula is C12H17ClN2O. The van der Waals surface area contributed by atoms with Crippen molar-refractivity contribution < 1.29 is 4.74 Å². The molecule has 0 aliphatic rings. The highest BCUT2D eigenvalue weighted by atomic mass is 35.5. The van der Waals surface area contributed by atoms with Gasteiger partial charge in [-0.1, -0.05) is 30.7 Å². The number of nitrogen functional groups attached to an aromatic ring is 1. The van der Waals surface area contributed by atoms with E-state index in [1.54, 1.807) is 12.1 Å². The van der Waals surface area contributed by atoms with Gasteiger partial charge in [0.2, 0.25) is 0 Å². The van der Waals surface area contributed by atoms with Crippen LogP contribution in [0.25, 0.3) is 0 Å². The Kier molecular flexibility index (Phi) is 4.77. The van der Waals surface area contributed by atoms with E-state index in [9.17, 15) is 0 Å². The van der Waals surface area contributed by atoms with Gasteiger partial charge in [-0.05, 0) is 25.0 Å². The fraction of sp³-hybridized carbons (Fsp3) is 0.417. The number of hydrogen-bond donors (Lipinski definition) is 2. The van der Waals surface area contributed by atoms with Crippen molar-refractivity contribution in [1.29, 1.82) is 5.41 Å². The number of nitrogens with one attached hydrogen (secondary N) is 1. The molecule has 0 bridgehead atoms. The van der Waals surface area contributed by atoms with Crippen LogP contribution in [0.15, 0.2) is 18.2 Å². The minimum atomic E-state index is 0.0243. The Morgan fingerprint density at radius 3 is 2.75 bits per heavy atom. The zero-order valence-corrected chi connectivity index (χ0v) is 10.3. The highest BCUT2D eigenvalue weighted by Gasteiger charge is 2.05. The lowest BCUT2D eigenvalue weighted by Gasteiger charge is -2.12. The molecule has 1 aromatic carbocycles. The minimum absolute atomic E-state index is 0.0243. The van der Waals surface area contributed by atoms with Crippen LogP contribution in [0.2, 0.25) is 5.02 Å². The molecule has 0 heterocycles. The number of hydrogen-bond acceptors (Lipinski definition) is 2. The summed E-state index contributed by atoms with van der Waals surface area (Å²) in [4.78, 5) is 0. The molecule has 0 saturated heterocycles. The smallest absolute Gasteiger partial charge is 0.122 e. The molecule has 1 atom stereocenters. The molecule has 0 aromatic heterocycles. The number of rotatable bonds is 5. The number of amidine groups is 1. The molecule has 0 aliphatic heterocycles. The Balaban J connectivity index is 2.72. The lowest BCUT2D eigenvalue weighted by molar-refractivity contribution is 0.0509. The molecule has 1 unspecified atom stereocenters. The second-order valence-corrected chi connectivity index (χ2v) is 4.16. The zero-order chi connectivity index (χ0) is 12.1. The van der Waals surface area contributed by atoms with E-state index < -0.39 is 0 Å². The highest BCUT2D eigenvalue weighted by Crippen LogP contribution is 2.19. The predicted octanol–water partition coefficient (Wildman–Crippen LogP) is 2.94. The van der Waals surface area contributed by atoms with Crippen LogP contribution < -0.4 is 5.73 Å². The predicted molar refractivity (Wildman–Crippen MR) is 67.0 cm³/mol. The van der Waals surface area contributed by atoms with Crippen LogP contribution in [0.5, 0.6) is 0 Å². The molecule has 3 nitrogen and oxygen atoms in total. The summed E-state index contributed by atoms with van der Waals surface area (Å²) in [5.41, 5.74) is 6.93. The summed E-state index contributed by atoms with van der Waals surface area (Å²) >= 11 is 6.07. The van der Waals surface area contributed by atoms with Gasteiger partial charge in [0.15, 0.2) is 0 Å². The number of ether oxygens (including phenoxy) is 1. The number of halogens is 1. The van der Waals surface area contributed by atoms with E-state index in [1.165, 1.54) is 0 Å². The van der Waals surface area contributed by atoms with Crippen molar-refractivity contribution in [2.75, 3.05) is 0 Å². The molecule has 3 N–H and O–H groups in total. The Labute approximate surface area is 101 Å². The third kappa shape index (κ3) is 3.51. The summed E-state index contributed by atoms with van der Waals surface area (Å²) in [5.74, 6) is 0.0243. The third-order valence-corrected chi connectivity index (χ3v) is 2.81. The summed E-state index contributed by atoms with van der Waals surface area (Å²) in [5, 5.41) is 7.88. The molecule has 1 aromatic rings. The first-order valence-corrected chi connectivity index (χ1v) is 5.66. The quantitative estimate of drug-likeness (QED) is 0.614. The maximum absolute atomic E-state index is 7.29. The normalized spacial score (nSPS) is 12.4. The molecule has 0 aliphatic carbocycles. The van der Waals surface area contributed by atoms with Crippen LogP contribution in [0.1, 0.15) is 31.4 Å². The molecule has 0 radical (unpaired) electrons. The van der Waals surface area contributed by atoms with Gasteiger partial charge in [0.25, 0.3) is 0 Å². The van der Waals surface area contributed by atoms with Gasteiger partial charge in [-0.2, -0.15) is 0 Å². The van der Waals surface area contributed by atoms with Crippen LogP contribution in [-0.2, 0) is 11.3 Å². The van der Waals surface area contributed by atoms with Crippen molar-refractivity contribution in [1.82, 2.24) is 0 Å². The lowest BCUT2D eigenvalue weighted by Crippen LogP contribution is -2.11. The van der Waals surface area contributed by atoms with E-state index in [2.05, 4.69) is 6.92 Å². The van der Waals surface area contributed by atoms with Gasteiger partial charge < -0.3 is 10.5 Å². The van der Waals surface area contributed by atoms with Crippen LogP contribution in [0, 0.1) is 5.41 Å². The lowest BCUT2D eigenvalue weighted by atomic mass is 10.1. The Hall–Kier alpha value is -1.06. The van der Waals surface area contributed by atoms with Crippen LogP contribution in [-0.4, -0.2) is 11.9 Å². The maximum Gasteiger partial charge on any atom is 0.122 e. The van der Waals surface area contributed by atoms with Gasteiger partial charge in [0, 0.05) is 10.6 Å². The standard InChI is InChI=1S/C12H17ClN2O/c1-3-8(2)16-7-10-5-4-9(12(14)15)6-11(10)13/h4-6,8H,3,7H2,1-2H3,(H3,14,15). The molecule has 0 amide bonds. The molecule has 0 saturated carbocycles. The van der Waals surface area contributed by atoms with E-state index in [0.29, 0.717) is 17.2 Å². The van der Waals surface area contributed by atoms with Gasteiger partial charge in [0.1, 0.15) is 5.84 Å². The second kappa shape index (κ2) is 5.87. The van der Waals surface area contributed by atoms with Crippen LogP contribution in [0.3, 0.4) is 0 Å². The van der Waals surface area contributed by atoms with Crippen molar-refractivity contribution in [3.05, 3.63) is 34.3 Å². The summed E-state index contributed by atoms with van der Waals surface area (Å²) < 4.78 is 5.59. The molecule has 0 spiro atoms. The fourth-order valence-corrected chi connectivity index (χ4v) is 1.42. The number of nitrogens with two attached hydrogens (primary N) is 1. The molecule has 4 heteroatoms.